The van der Waals surface area contributed by atoms with Crippen LogP contribution in [0.1, 0.15) is 67.0 Å². The third kappa shape index (κ3) is 7.13. The van der Waals surface area contributed by atoms with E-state index < -0.39 is 35.4 Å². The highest BCUT2D eigenvalue weighted by Gasteiger charge is 2.40. The molecule has 48 heavy (non-hydrogen) atoms. The molecule has 0 spiro atoms. The van der Waals surface area contributed by atoms with Crippen LogP contribution in [0.3, 0.4) is 0 Å². The lowest BCUT2D eigenvalue weighted by Crippen LogP contribution is -2.46. The van der Waals surface area contributed by atoms with Gasteiger partial charge in [0.15, 0.2) is 11.5 Å². The summed E-state index contributed by atoms with van der Waals surface area (Å²) in [6.45, 7) is 5.59. The SMILES string of the molecule is CCCc1cc(NC(=O)C[C@H]2O[C@H](c3cccc(OC)c3OC)c3cc(Cl)ccc3N(CC(C)(C)CO)C2=O)cc2cc(C(=O)O)oc12. The van der Waals surface area contributed by atoms with Crippen molar-refractivity contribution in [2.24, 2.45) is 5.41 Å². The van der Waals surface area contributed by atoms with Gasteiger partial charge in [-0.05, 0) is 54.4 Å². The molecule has 2 amide bonds. The number of amides is 2. The summed E-state index contributed by atoms with van der Waals surface area (Å²) in [6.07, 6.45) is -1.16. The van der Waals surface area contributed by atoms with Gasteiger partial charge in [0.25, 0.3) is 5.91 Å². The second-order valence-electron chi connectivity index (χ2n) is 12.5. The number of fused-ring (bicyclic) bond motifs is 2. The molecule has 2 heterocycles. The van der Waals surface area contributed by atoms with E-state index in [4.69, 9.17) is 30.2 Å². The number of carboxylic acids is 1. The largest absolute Gasteiger partial charge is 0.493 e. The Bertz CT molecular complexity index is 1850. The number of ether oxygens (including phenoxy) is 3. The second kappa shape index (κ2) is 14.3. The average molecular weight is 679 g/mol. The normalized spacial score (nSPS) is 16.4. The number of aliphatic hydroxyl groups is 1. The molecule has 3 aromatic carbocycles. The molecule has 0 unspecified atom stereocenters. The Morgan fingerprint density at radius 2 is 1.83 bits per heavy atom. The summed E-state index contributed by atoms with van der Waals surface area (Å²) < 4.78 is 23.5. The average Bonchev–Trinajstić information content (AvgIpc) is 3.46. The summed E-state index contributed by atoms with van der Waals surface area (Å²) in [4.78, 5) is 41.2. The van der Waals surface area contributed by atoms with E-state index in [2.05, 4.69) is 5.32 Å². The van der Waals surface area contributed by atoms with E-state index >= 15 is 0 Å². The van der Waals surface area contributed by atoms with E-state index in [0.717, 1.165) is 12.0 Å². The van der Waals surface area contributed by atoms with Crippen LogP contribution in [0.15, 0.2) is 59.0 Å². The van der Waals surface area contributed by atoms with Crippen LogP contribution in [-0.2, 0) is 20.7 Å². The number of anilines is 2. The van der Waals surface area contributed by atoms with Crippen molar-refractivity contribution in [2.75, 3.05) is 37.6 Å². The number of halogens is 1. The van der Waals surface area contributed by atoms with E-state index in [9.17, 15) is 24.6 Å². The summed E-state index contributed by atoms with van der Waals surface area (Å²) in [5.74, 6) is -1.52. The molecule has 0 bridgehead atoms. The number of rotatable bonds is 12. The Labute approximate surface area is 283 Å². The van der Waals surface area contributed by atoms with Crippen LogP contribution in [0.5, 0.6) is 11.5 Å². The fourth-order valence-electron chi connectivity index (χ4n) is 5.94. The third-order valence-corrected chi connectivity index (χ3v) is 8.45. The maximum absolute atomic E-state index is 14.4. The smallest absolute Gasteiger partial charge is 0.371 e. The molecule has 0 saturated carbocycles. The van der Waals surface area contributed by atoms with Crippen molar-refractivity contribution in [1.82, 2.24) is 0 Å². The van der Waals surface area contributed by atoms with Crippen molar-refractivity contribution < 1.29 is 43.2 Å². The van der Waals surface area contributed by atoms with Gasteiger partial charge in [0.2, 0.25) is 11.7 Å². The van der Waals surface area contributed by atoms with Crippen LogP contribution in [0.25, 0.3) is 11.0 Å². The molecule has 1 aliphatic rings. The maximum Gasteiger partial charge on any atom is 0.371 e. The Balaban J connectivity index is 1.56. The van der Waals surface area contributed by atoms with Crippen LogP contribution in [-0.4, -0.2) is 61.5 Å². The lowest BCUT2D eigenvalue weighted by molar-refractivity contribution is -0.136. The number of aliphatic hydroxyl groups excluding tert-OH is 1. The lowest BCUT2D eigenvalue weighted by atomic mass is 9.92. The minimum Gasteiger partial charge on any atom is -0.493 e. The highest BCUT2D eigenvalue weighted by Crippen LogP contribution is 2.45. The van der Waals surface area contributed by atoms with Gasteiger partial charge in [-0.1, -0.05) is 50.9 Å². The molecule has 5 rings (SSSR count). The minimum absolute atomic E-state index is 0.129. The number of carbonyl (C=O) groups is 3. The predicted molar refractivity (Wildman–Crippen MR) is 181 cm³/mol. The van der Waals surface area contributed by atoms with Crippen molar-refractivity contribution >= 4 is 51.7 Å². The van der Waals surface area contributed by atoms with Crippen molar-refractivity contribution in [3.05, 3.63) is 82.1 Å². The number of hydrogen-bond donors (Lipinski definition) is 3. The molecule has 3 N–H and O–H groups in total. The highest BCUT2D eigenvalue weighted by atomic mass is 35.5. The first-order chi connectivity index (χ1) is 22.9. The molecule has 0 aliphatic carbocycles. The van der Waals surface area contributed by atoms with E-state index in [-0.39, 0.29) is 25.3 Å². The molecule has 2 atom stereocenters. The van der Waals surface area contributed by atoms with Gasteiger partial charge in [-0.3, -0.25) is 9.59 Å². The molecule has 4 aromatic rings. The minimum atomic E-state index is -1.27. The van der Waals surface area contributed by atoms with Gasteiger partial charge in [-0.15, -0.1) is 0 Å². The van der Waals surface area contributed by atoms with Gasteiger partial charge in [-0.25, -0.2) is 4.79 Å². The molecular weight excluding hydrogens is 640 g/mol. The Morgan fingerprint density at radius 3 is 2.50 bits per heavy atom. The summed E-state index contributed by atoms with van der Waals surface area (Å²) in [7, 11) is 3.03. The fourth-order valence-corrected chi connectivity index (χ4v) is 6.12. The molecule has 0 fully saturated rings. The van der Waals surface area contributed by atoms with Gasteiger partial charge >= 0.3 is 5.97 Å². The zero-order valence-corrected chi connectivity index (χ0v) is 28.2. The first-order valence-electron chi connectivity index (χ1n) is 15.6. The van der Waals surface area contributed by atoms with E-state index in [1.54, 1.807) is 48.5 Å². The number of benzene rings is 3. The Morgan fingerprint density at radius 1 is 1.06 bits per heavy atom. The quantitative estimate of drug-likeness (QED) is 0.150. The van der Waals surface area contributed by atoms with Crippen LogP contribution in [0, 0.1) is 5.41 Å². The maximum atomic E-state index is 14.4. The number of carbonyl (C=O) groups excluding carboxylic acids is 2. The molecular formula is C36H39ClN2O9. The highest BCUT2D eigenvalue weighted by molar-refractivity contribution is 6.30. The van der Waals surface area contributed by atoms with Crippen molar-refractivity contribution in [3.8, 4) is 11.5 Å². The first-order valence-corrected chi connectivity index (χ1v) is 15.9. The molecule has 11 nitrogen and oxygen atoms in total. The summed E-state index contributed by atoms with van der Waals surface area (Å²) in [5, 5.41) is 23.4. The van der Waals surface area contributed by atoms with Crippen molar-refractivity contribution in [2.45, 2.75) is 52.2 Å². The number of carboxylic acid groups (broad SMARTS) is 1. The zero-order valence-electron chi connectivity index (χ0n) is 27.5. The Hall–Kier alpha value is -4.58. The monoisotopic (exact) mass is 678 g/mol. The van der Waals surface area contributed by atoms with Gasteiger partial charge in [0, 0.05) is 51.5 Å². The molecule has 1 aromatic heterocycles. The molecule has 1 aliphatic heterocycles. The third-order valence-electron chi connectivity index (χ3n) is 8.21. The summed E-state index contributed by atoms with van der Waals surface area (Å²) in [6, 6.07) is 15.2. The standard InChI is InChI=1S/C36H39ClN2O9/c1-6-8-20-13-23(14-21-15-29(35(43)44)48-31(20)21)38-30(41)17-28-34(42)39(18-36(2,3)19-40)26-12-11-22(37)16-25(26)32(47-28)24-9-7-10-27(45-4)33(24)46-5/h7,9-16,28,32,40H,6,8,17-19H2,1-5H3,(H,38,41)(H,43,44)/t28-,32-/m1/s1. The number of hydrogen-bond acceptors (Lipinski definition) is 8. The number of furan rings is 1. The molecule has 12 heteroatoms. The number of aryl methyl sites for hydroxylation is 1. The van der Waals surface area contributed by atoms with Gasteiger partial charge in [0.1, 0.15) is 17.8 Å². The predicted octanol–water partition coefficient (Wildman–Crippen LogP) is 6.62. The molecule has 254 valence electrons. The van der Waals surface area contributed by atoms with Crippen LogP contribution in [0.4, 0.5) is 11.4 Å². The van der Waals surface area contributed by atoms with Crippen LogP contribution < -0.4 is 19.7 Å². The number of nitrogens with one attached hydrogen (secondary N) is 1. The summed E-state index contributed by atoms with van der Waals surface area (Å²) >= 11 is 6.51. The first kappa shape index (κ1) is 34.7. The Kier molecular flexibility index (Phi) is 10.3. The van der Waals surface area contributed by atoms with Crippen molar-refractivity contribution in [3.63, 3.8) is 0 Å². The van der Waals surface area contributed by atoms with Crippen LogP contribution in [0.2, 0.25) is 5.02 Å². The van der Waals surface area contributed by atoms with E-state index in [1.165, 1.54) is 25.2 Å². The van der Waals surface area contributed by atoms with E-state index in [1.807, 2.05) is 20.8 Å². The molecule has 0 radical (unpaired) electrons. The lowest BCUT2D eigenvalue weighted by Gasteiger charge is -2.32. The number of aromatic carboxylic acids is 1. The van der Waals surface area contributed by atoms with Gasteiger partial charge < -0.3 is 39.1 Å². The zero-order chi connectivity index (χ0) is 34.7. The molecule has 0 saturated heterocycles. The topological polar surface area (TPSA) is 148 Å². The number of methoxy groups -OCH3 is 2. The van der Waals surface area contributed by atoms with Crippen molar-refractivity contribution in [1.29, 1.82) is 0 Å². The number of para-hydroxylation sites is 1. The van der Waals surface area contributed by atoms with Gasteiger partial charge in [0.05, 0.1) is 20.6 Å². The second-order valence-corrected chi connectivity index (χ2v) is 12.9. The van der Waals surface area contributed by atoms with E-state index in [0.29, 0.717) is 56.4 Å². The van der Waals surface area contributed by atoms with Crippen LogP contribution >= 0.6 is 11.6 Å². The number of nitrogens with zero attached hydrogens (tertiary/aromatic N) is 1. The summed E-state index contributed by atoms with van der Waals surface area (Å²) in [5.41, 5.74) is 2.57. The fraction of sp³-hybridized carbons (Fsp3) is 0.361. The van der Waals surface area contributed by atoms with Gasteiger partial charge in [-0.2, -0.15) is 0 Å².